The zero-order valence-electron chi connectivity index (χ0n) is 23.4. The van der Waals surface area contributed by atoms with Gasteiger partial charge in [0.2, 0.25) is 6.29 Å². The summed E-state index contributed by atoms with van der Waals surface area (Å²) in [5, 5.41) is 70.8. The van der Waals surface area contributed by atoms with Gasteiger partial charge in [0.15, 0.2) is 28.4 Å². The van der Waals surface area contributed by atoms with Crippen LogP contribution in [0.15, 0.2) is 69.9 Å². The highest BCUT2D eigenvalue weighted by Gasteiger charge is 2.45. The Morgan fingerprint density at radius 1 is 0.867 bits per heavy atom. The van der Waals surface area contributed by atoms with Crippen molar-refractivity contribution in [3.63, 3.8) is 0 Å². The molecule has 0 aliphatic carbocycles. The number of methoxy groups -OCH3 is 1. The van der Waals surface area contributed by atoms with Gasteiger partial charge in [0.25, 0.3) is 0 Å². The lowest BCUT2D eigenvalue weighted by Gasteiger charge is -2.39. The highest BCUT2D eigenvalue weighted by Crippen LogP contribution is 2.35. The first kappa shape index (κ1) is 31.2. The lowest BCUT2D eigenvalue weighted by atomic mass is 9.99. The number of carbonyl (C=O) groups is 1. The topological polar surface area (TPSA) is 226 Å². The Morgan fingerprint density at radius 3 is 2.36 bits per heavy atom. The van der Waals surface area contributed by atoms with Crippen LogP contribution < -0.4 is 14.9 Å². The molecule has 0 radical (unpaired) electrons. The van der Waals surface area contributed by atoms with Crippen molar-refractivity contribution >= 4 is 23.0 Å². The molecule has 2 unspecified atom stereocenters. The van der Waals surface area contributed by atoms with Gasteiger partial charge in [0.05, 0.1) is 7.11 Å². The van der Waals surface area contributed by atoms with Gasteiger partial charge in [-0.3, -0.25) is 4.79 Å². The normalized spacial score (nSPS) is 21.6. The Morgan fingerprint density at radius 2 is 1.62 bits per heavy atom. The van der Waals surface area contributed by atoms with Gasteiger partial charge in [-0.1, -0.05) is 6.07 Å². The average Bonchev–Trinajstić information content (AvgIpc) is 3.01. The van der Waals surface area contributed by atoms with Crippen LogP contribution in [0.5, 0.6) is 34.5 Å². The maximum Gasteiger partial charge on any atom is 0.330 e. The smallest absolute Gasteiger partial charge is 0.330 e. The molecule has 0 amide bonds. The van der Waals surface area contributed by atoms with E-state index in [1.54, 1.807) is 0 Å². The van der Waals surface area contributed by atoms with Gasteiger partial charge < -0.3 is 59.1 Å². The molecule has 1 saturated heterocycles. The lowest BCUT2D eigenvalue weighted by Crippen LogP contribution is -2.60. The Hall–Kier alpha value is -5.28. The minimum absolute atomic E-state index is 0.00711. The summed E-state index contributed by atoms with van der Waals surface area (Å²) in [5.41, 5.74) is -0.0102. The van der Waals surface area contributed by atoms with Crippen LogP contribution in [-0.4, -0.2) is 86.1 Å². The molecular weight excluding hydrogens is 596 g/mol. The Balaban J connectivity index is 1.31. The summed E-state index contributed by atoms with van der Waals surface area (Å²) in [6.45, 7) is -0.548. The fourth-order valence-corrected chi connectivity index (χ4v) is 4.59. The third kappa shape index (κ3) is 6.63. The molecule has 236 valence electrons. The molecule has 4 aromatic rings. The van der Waals surface area contributed by atoms with Crippen LogP contribution in [0.2, 0.25) is 0 Å². The Kier molecular flexibility index (Phi) is 8.83. The van der Waals surface area contributed by atoms with Gasteiger partial charge in [0.1, 0.15) is 59.3 Å². The molecule has 14 heteroatoms. The molecule has 3 aromatic carbocycles. The first-order chi connectivity index (χ1) is 21.4. The minimum Gasteiger partial charge on any atom is -0.507 e. The van der Waals surface area contributed by atoms with Gasteiger partial charge in [-0.2, -0.15) is 0 Å². The number of carbonyl (C=O) groups excluding carboxylic acids is 1. The number of rotatable bonds is 8. The van der Waals surface area contributed by atoms with Crippen molar-refractivity contribution in [1.29, 1.82) is 0 Å². The Bertz CT molecular complexity index is 1810. The van der Waals surface area contributed by atoms with Crippen molar-refractivity contribution in [3.8, 4) is 45.8 Å². The van der Waals surface area contributed by atoms with Crippen LogP contribution >= 0.6 is 0 Å². The first-order valence-corrected chi connectivity index (χ1v) is 13.4. The number of benzene rings is 3. The van der Waals surface area contributed by atoms with E-state index < -0.39 is 60.2 Å². The maximum atomic E-state index is 12.8. The molecule has 0 saturated carbocycles. The van der Waals surface area contributed by atoms with Crippen molar-refractivity contribution in [2.24, 2.45) is 0 Å². The zero-order valence-corrected chi connectivity index (χ0v) is 23.4. The summed E-state index contributed by atoms with van der Waals surface area (Å²) in [6.07, 6.45) is -5.74. The molecule has 1 aliphatic rings. The summed E-state index contributed by atoms with van der Waals surface area (Å²) >= 11 is 0. The molecule has 5 atom stereocenters. The van der Waals surface area contributed by atoms with Crippen LogP contribution in [0.3, 0.4) is 0 Å². The predicted molar refractivity (Wildman–Crippen MR) is 155 cm³/mol. The van der Waals surface area contributed by atoms with Crippen LogP contribution in [-0.2, 0) is 14.3 Å². The summed E-state index contributed by atoms with van der Waals surface area (Å²) in [7, 11) is 1.37. The van der Waals surface area contributed by atoms with E-state index >= 15 is 0 Å². The predicted octanol–water partition coefficient (Wildman–Crippen LogP) is 1.73. The molecule has 1 aromatic heterocycles. The number of ether oxygens (including phenoxy) is 4. The quantitative estimate of drug-likeness (QED) is 0.0842. The second kappa shape index (κ2) is 12.8. The number of fused-ring (bicyclic) bond motifs is 1. The second-order valence-electron chi connectivity index (χ2n) is 10.0. The number of aliphatic hydroxyl groups is 3. The zero-order chi connectivity index (χ0) is 32.4. The van der Waals surface area contributed by atoms with Crippen LogP contribution in [0, 0.1) is 0 Å². The number of phenols is 4. The standard InChI is InChI=1S/C31H28O14/c1-41-23-8-14(2-5-18(23)33)3-7-26(37)42-13-25-28(38)29(39)30(40)31(45-25)43-16-10-20(35)27-21(36)12-22(44-24(27)11-16)15-4-6-17(32)19(34)9-15/h2-12,25,28-35,38-40H,13H2,1H3/b7-3+/t25?,28-,29+,30?,31-/m1/s1. The summed E-state index contributed by atoms with van der Waals surface area (Å²) in [4.78, 5) is 25.1. The molecule has 2 heterocycles. The van der Waals surface area contributed by atoms with Crippen molar-refractivity contribution in [1.82, 2.24) is 0 Å². The third-order valence-electron chi connectivity index (χ3n) is 6.97. The van der Waals surface area contributed by atoms with Gasteiger partial charge in [-0.25, -0.2) is 4.79 Å². The first-order valence-electron chi connectivity index (χ1n) is 13.4. The van der Waals surface area contributed by atoms with Gasteiger partial charge in [-0.15, -0.1) is 0 Å². The number of phenolic OH excluding ortho intramolecular Hbond substituents is 4. The summed E-state index contributed by atoms with van der Waals surface area (Å²) in [5.74, 6) is -2.25. The fourth-order valence-electron chi connectivity index (χ4n) is 4.59. The van der Waals surface area contributed by atoms with E-state index in [0.29, 0.717) is 5.56 Å². The van der Waals surface area contributed by atoms with Crippen LogP contribution in [0.1, 0.15) is 5.56 Å². The third-order valence-corrected chi connectivity index (χ3v) is 6.97. The SMILES string of the molecule is COc1cc(/C=C/C(=O)OCC2O[C@@H](Oc3cc(O)c4c(=O)cc(-c5ccc(O)c(O)c5)oc4c3)C(O)[C@@H](O)[C@@H]2O)ccc1O. The van der Waals surface area contributed by atoms with Crippen LogP contribution in [0.4, 0.5) is 0 Å². The van der Waals surface area contributed by atoms with Crippen molar-refractivity contribution < 1.29 is 63.9 Å². The maximum absolute atomic E-state index is 12.8. The van der Waals surface area contributed by atoms with Gasteiger partial charge in [0, 0.05) is 29.8 Å². The van der Waals surface area contributed by atoms with E-state index in [9.17, 15) is 45.3 Å². The average molecular weight is 625 g/mol. The fraction of sp³-hybridized carbons (Fsp3) is 0.226. The number of hydrogen-bond acceptors (Lipinski definition) is 14. The molecule has 0 bridgehead atoms. The largest absolute Gasteiger partial charge is 0.507 e. The van der Waals surface area contributed by atoms with E-state index in [0.717, 1.165) is 18.2 Å². The molecular formula is C31H28O14. The van der Waals surface area contributed by atoms with Gasteiger partial charge >= 0.3 is 5.97 Å². The highest BCUT2D eigenvalue weighted by molar-refractivity contribution is 5.87. The van der Waals surface area contributed by atoms with Crippen molar-refractivity contribution in [3.05, 3.63) is 76.5 Å². The molecule has 1 aliphatic heterocycles. The molecule has 14 nitrogen and oxygen atoms in total. The number of aromatic hydroxyl groups is 4. The van der Waals surface area contributed by atoms with Crippen molar-refractivity contribution in [2.75, 3.05) is 13.7 Å². The van der Waals surface area contributed by atoms with E-state index in [-0.39, 0.29) is 45.3 Å². The summed E-state index contributed by atoms with van der Waals surface area (Å²) in [6, 6.07) is 11.5. The number of aliphatic hydroxyl groups excluding tert-OH is 3. The Labute approximate surface area is 253 Å². The van der Waals surface area contributed by atoms with E-state index in [4.69, 9.17) is 23.4 Å². The van der Waals surface area contributed by atoms with Gasteiger partial charge in [-0.05, 0) is 42.0 Å². The van der Waals surface area contributed by atoms with E-state index in [1.165, 1.54) is 55.7 Å². The molecule has 45 heavy (non-hydrogen) atoms. The highest BCUT2D eigenvalue weighted by atomic mass is 16.7. The molecule has 5 rings (SSSR count). The molecule has 7 N–H and O–H groups in total. The monoisotopic (exact) mass is 624 g/mol. The minimum atomic E-state index is -1.78. The van der Waals surface area contributed by atoms with Crippen LogP contribution in [0.25, 0.3) is 28.4 Å². The lowest BCUT2D eigenvalue weighted by molar-refractivity contribution is -0.278. The summed E-state index contributed by atoms with van der Waals surface area (Å²) < 4.78 is 27.1. The van der Waals surface area contributed by atoms with E-state index in [2.05, 4.69) is 0 Å². The molecule has 0 spiro atoms. The second-order valence-corrected chi connectivity index (χ2v) is 10.0. The number of hydrogen-bond donors (Lipinski definition) is 7. The number of esters is 1. The van der Waals surface area contributed by atoms with Crippen molar-refractivity contribution in [2.45, 2.75) is 30.7 Å². The molecule has 1 fully saturated rings. The van der Waals surface area contributed by atoms with E-state index in [1.807, 2.05) is 0 Å².